The molecule has 1 aromatic heterocycles. The minimum absolute atomic E-state index is 0.153. The van der Waals surface area contributed by atoms with E-state index in [9.17, 15) is 9.59 Å². The summed E-state index contributed by atoms with van der Waals surface area (Å²) < 4.78 is 1.28. The number of carbonyl (C=O) groups is 2. The van der Waals surface area contributed by atoms with E-state index in [0.717, 1.165) is 21.5 Å². The summed E-state index contributed by atoms with van der Waals surface area (Å²) in [5.74, 6) is -0.168. The van der Waals surface area contributed by atoms with Gasteiger partial charge in [-0.15, -0.1) is 10.2 Å². The van der Waals surface area contributed by atoms with Crippen molar-refractivity contribution < 1.29 is 9.59 Å². The number of halogens is 1. The van der Waals surface area contributed by atoms with Gasteiger partial charge in [0, 0.05) is 10.9 Å². The van der Waals surface area contributed by atoms with Gasteiger partial charge in [-0.25, -0.2) is 0 Å². The number of hydrogen-bond donors (Lipinski definition) is 1. The van der Waals surface area contributed by atoms with Crippen molar-refractivity contribution in [3.05, 3.63) is 44.2 Å². The normalized spacial score (nSPS) is 15.7. The van der Waals surface area contributed by atoms with Crippen LogP contribution in [0, 0.1) is 5.92 Å². The average molecular weight is 497 g/mol. The number of thioether (sulfide) groups is 1. The number of aromatic nitrogens is 2. The Labute approximate surface area is 184 Å². The Bertz CT molecular complexity index is 958. The van der Waals surface area contributed by atoms with Crippen LogP contribution >= 0.6 is 51.2 Å². The van der Waals surface area contributed by atoms with E-state index in [2.05, 4.69) is 45.3 Å². The highest BCUT2D eigenvalue weighted by Gasteiger charge is 2.33. The Kier molecular flexibility index (Phi) is 6.97. The van der Waals surface area contributed by atoms with Crippen molar-refractivity contribution in [1.29, 1.82) is 0 Å². The zero-order valence-corrected chi connectivity index (χ0v) is 19.2. The average Bonchev–Trinajstić information content (AvgIpc) is 3.14. The fraction of sp³-hybridized carbons (Fsp3) is 0.278. The maximum atomic E-state index is 12.7. The van der Waals surface area contributed by atoms with Gasteiger partial charge in [-0.1, -0.05) is 77.2 Å². The van der Waals surface area contributed by atoms with Crippen LogP contribution in [-0.2, 0) is 16.0 Å². The van der Waals surface area contributed by atoms with Crippen LogP contribution in [0.4, 0.5) is 5.13 Å². The summed E-state index contributed by atoms with van der Waals surface area (Å²) in [6.45, 7) is 4.03. The number of nitrogens with one attached hydrogen (secondary N) is 1. The first-order chi connectivity index (χ1) is 13.3. The number of benzene rings is 1. The Morgan fingerprint density at radius 2 is 2.18 bits per heavy atom. The van der Waals surface area contributed by atoms with Gasteiger partial charge in [0.1, 0.15) is 15.9 Å². The van der Waals surface area contributed by atoms with E-state index in [-0.39, 0.29) is 18.4 Å². The highest BCUT2D eigenvalue weighted by atomic mass is 79.9. The summed E-state index contributed by atoms with van der Waals surface area (Å²) in [5, 5.41) is 12.0. The molecule has 1 fully saturated rings. The number of anilines is 1. The topological polar surface area (TPSA) is 75.2 Å². The summed E-state index contributed by atoms with van der Waals surface area (Å²) in [4.78, 5) is 26.8. The summed E-state index contributed by atoms with van der Waals surface area (Å²) in [6.07, 6.45) is 2.58. The third-order valence-electron chi connectivity index (χ3n) is 3.62. The van der Waals surface area contributed by atoms with Crippen LogP contribution in [0.1, 0.15) is 24.4 Å². The molecule has 10 heteroatoms. The molecule has 6 nitrogen and oxygen atoms in total. The monoisotopic (exact) mass is 496 g/mol. The van der Waals surface area contributed by atoms with Gasteiger partial charge < -0.3 is 0 Å². The number of rotatable bonds is 6. The first-order valence-electron chi connectivity index (χ1n) is 8.45. The lowest BCUT2D eigenvalue weighted by atomic mass is 10.1. The zero-order valence-electron chi connectivity index (χ0n) is 15.1. The van der Waals surface area contributed by atoms with Crippen LogP contribution in [0.25, 0.3) is 6.08 Å². The van der Waals surface area contributed by atoms with E-state index in [4.69, 9.17) is 12.2 Å². The Morgan fingerprint density at radius 3 is 2.89 bits per heavy atom. The first-order valence-corrected chi connectivity index (χ1v) is 11.3. The predicted molar refractivity (Wildman–Crippen MR) is 121 cm³/mol. The van der Waals surface area contributed by atoms with Crippen molar-refractivity contribution in [2.24, 2.45) is 5.92 Å². The largest absolute Gasteiger partial charge is 0.299 e. The van der Waals surface area contributed by atoms with E-state index >= 15 is 0 Å². The molecule has 1 saturated heterocycles. The van der Waals surface area contributed by atoms with Gasteiger partial charge in [0.2, 0.25) is 11.0 Å². The molecule has 1 aliphatic heterocycles. The lowest BCUT2D eigenvalue weighted by Crippen LogP contribution is -2.36. The number of amides is 2. The first kappa shape index (κ1) is 21.1. The molecule has 2 heterocycles. The molecular formula is C18H17BrN4O2S3. The Hall–Kier alpha value is -1.62. The zero-order chi connectivity index (χ0) is 20.3. The summed E-state index contributed by atoms with van der Waals surface area (Å²) >= 11 is 11.2. The minimum Gasteiger partial charge on any atom is -0.299 e. The molecule has 0 unspecified atom stereocenters. The minimum atomic E-state index is -0.354. The molecule has 1 N–H and O–H groups in total. The summed E-state index contributed by atoms with van der Waals surface area (Å²) in [7, 11) is 0. The lowest BCUT2D eigenvalue weighted by Gasteiger charge is -2.13. The van der Waals surface area contributed by atoms with Crippen molar-refractivity contribution in [3.8, 4) is 0 Å². The quantitative estimate of drug-likeness (QED) is 0.473. The molecule has 1 aromatic carbocycles. The van der Waals surface area contributed by atoms with Gasteiger partial charge in [0.15, 0.2) is 0 Å². The number of nitrogens with zero attached hydrogens (tertiary/aromatic N) is 3. The van der Waals surface area contributed by atoms with Crippen LogP contribution in [0.15, 0.2) is 33.6 Å². The maximum absolute atomic E-state index is 12.7. The molecule has 2 aromatic rings. The molecule has 1 aliphatic rings. The molecule has 3 rings (SSSR count). The smallest absolute Gasteiger partial charge is 0.266 e. The van der Waals surface area contributed by atoms with E-state index in [1.165, 1.54) is 28.0 Å². The second kappa shape index (κ2) is 9.25. The van der Waals surface area contributed by atoms with Crippen LogP contribution in [0.3, 0.4) is 0 Å². The van der Waals surface area contributed by atoms with Crippen molar-refractivity contribution in [1.82, 2.24) is 15.1 Å². The van der Waals surface area contributed by atoms with Crippen molar-refractivity contribution in [2.75, 3.05) is 11.9 Å². The SMILES string of the molecule is CC(C)Cc1nnc(NC(=O)CN2C(=O)C(=Cc3cccc(Br)c3)SC2=S)s1. The molecule has 2 amide bonds. The predicted octanol–water partition coefficient (Wildman–Crippen LogP) is 4.34. The van der Waals surface area contributed by atoms with E-state index in [1.807, 2.05) is 24.3 Å². The molecule has 0 bridgehead atoms. The van der Waals surface area contributed by atoms with Crippen molar-refractivity contribution >= 4 is 78.6 Å². The summed E-state index contributed by atoms with van der Waals surface area (Å²) in [5.41, 5.74) is 0.880. The number of thiocarbonyl (C=S) groups is 1. The molecular weight excluding hydrogens is 480 g/mol. The third kappa shape index (κ3) is 5.47. The van der Waals surface area contributed by atoms with Crippen LogP contribution in [0.5, 0.6) is 0 Å². The molecule has 146 valence electrons. The second-order valence-corrected chi connectivity index (χ2v) is 10.1. The number of carbonyl (C=O) groups excluding carboxylic acids is 2. The van der Waals surface area contributed by atoms with E-state index < -0.39 is 0 Å². The van der Waals surface area contributed by atoms with Crippen LogP contribution < -0.4 is 5.32 Å². The molecule has 0 aliphatic carbocycles. The van der Waals surface area contributed by atoms with Crippen molar-refractivity contribution in [2.45, 2.75) is 20.3 Å². The standard InChI is InChI=1S/C18H17BrN4O2S3/c1-10(2)6-15-21-22-17(28-15)20-14(24)9-23-16(25)13(27-18(23)26)8-11-4-3-5-12(19)7-11/h3-5,7-8,10H,6,9H2,1-2H3,(H,20,22,24). The fourth-order valence-electron chi connectivity index (χ4n) is 2.42. The molecule has 0 atom stereocenters. The van der Waals surface area contributed by atoms with E-state index in [1.54, 1.807) is 6.08 Å². The number of hydrogen-bond acceptors (Lipinski definition) is 7. The highest BCUT2D eigenvalue weighted by Crippen LogP contribution is 2.32. The van der Waals surface area contributed by atoms with Gasteiger partial charge in [-0.3, -0.25) is 19.8 Å². The fourth-order valence-corrected chi connectivity index (χ4v) is 5.06. The maximum Gasteiger partial charge on any atom is 0.266 e. The van der Waals surface area contributed by atoms with Crippen LogP contribution in [-0.4, -0.2) is 37.8 Å². The van der Waals surface area contributed by atoms with E-state index in [0.29, 0.717) is 20.3 Å². The van der Waals surface area contributed by atoms with Crippen molar-refractivity contribution in [3.63, 3.8) is 0 Å². The van der Waals surface area contributed by atoms with Crippen LogP contribution in [0.2, 0.25) is 0 Å². The Balaban J connectivity index is 1.64. The molecule has 0 radical (unpaired) electrons. The second-order valence-electron chi connectivity index (χ2n) is 6.47. The third-order valence-corrected chi connectivity index (χ3v) is 6.35. The van der Waals surface area contributed by atoms with Gasteiger partial charge >= 0.3 is 0 Å². The van der Waals surface area contributed by atoms with Gasteiger partial charge in [-0.05, 0) is 29.7 Å². The molecule has 28 heavy (non-hydrogen) atoms. The molecule has 0 spiro atoms. The highest BCUT2D eigenvalue weighted by molar-refractivity contribution is 9.10. The van der Waals surface area contributed by atoms with Gasteiger partial charge in [0.05, 0.1) is 4.91 Å². The van der Waals surface area contributed by atoms with Gasteiger partial charge in [0.25, 0.3) is 5.91 Å². The lowest BCUT2D eigenvalue weighted by molar-refractivity contribution is -0.126. The Morgan fingerprint density at radius 1 is 1.39 bits per heavy atom. The summed E-state index contributed by atoms with van der Waals surface area (Å²) in [6, 6.07) is 7.60. The molecule has 0 saturated carbocycles. The van der Waals surface area contributed by atoms with Gasteiger partial charge in [-0.2, -0.15) is 0 Å².